The lowest BCUT2D eigenvalue weighted by Crippen LogP contribution is -2.27. The summed E-state index contributed by atoms with van der Waals surface area (Å²) in [5, 5.41) is 20.8. The van der Waals surface area contributed by atoms with Gasteiger partial charge in [-0.3, -0.25) is 0 Å². The van der Waals surface area contributed by atoms with Crippen LogP contribution in [0.1, 0.15) is 95.6 Å². The molecule has 0 spiro atoms. The van der Waals surface area contributed by atoms with Crippen LogP contribution < -0.4 is 0 Å². The number of aliphatic hydroxyl groups excluding tert-OH is 1. The van der Waals surface area contributed by atoms with Gasteiger partial charge < -0.3 is 15.0 Å². The van der Waals surface area contributed by atoms with Crippen LogP contribution in [0.25, 0.3) is 0 Å². The van der Waals surface area contributed by atoms with Crippen molar-refractivity contribution >= 4 is 6.29 Å². The van der Waals surface area contributed by atoms with E-state index in [1.807, 2.05) is 12.1 Å². The van der Waals surface area contributed by atoms with E-state index >= 15 is 0 Å². The number of unbranched alkanes of at least 4 members (excludes halogenated alkanes) is 3. The van der Waals surface area contributed by atoms with Crippen LogP contribution in [-0.4, -0.2) is 22.6 Å². The van der Waals surface area contributed by atoms with E-state index in [4.69, 9.17) is 0 Å². The molecule has 1 aliphatic rings. The monoisotopic (exact) mass is 360 g/mol. The smallest absolute Gasteiger partial charge is 0.120 e. The van der Waals surface area contributed by atoms with Gasteiger partial charge in [-0.2, -0.15) is 0 Å². The number of aliphatic hydroxyl groups is 1. The van der Waals surface area contributed by atoms with Crippen molar-refractivity contribution in [2.24, 2.45) is 5.92 Å². The van der Waals surface area contributed by atoms with Gasteiger partial charge in [0.15, 0.2) is 0 Å². The van der Waals surface area contributed by atoms with Gasteiger partial charge in [-0.15, -0.1) is 0 Å². The minimum atomic E-state index is -0.336. The number of aldehydes is 1. The number of hydrogen-bond donors (Lipinski definition) is 2. The number of carbonyl (C=O) groups excluding carboxylic acids is 1. The first kappa shape index (κ1) is 21.0. The summed E-state index contributed by atoms with van der Waals surface area (Å²) in [6.45, 7) is 6.71. The van der Waals surface area contributed by atoms with Crippen LogP contribution in [0.5, 0.6) is 5.75 Å². The largest absolute Gasteiger partial charge is 0.508 e. The van der Waals surface area contributed by atoms with Crippen LogP contribution in [-0.2, 0) is 10.2 Å². The summed E-state index contributed by atoms with van der Waals surface area (Å²) in [4.78, 5) is 11.0. The number of phenols is 1. The molecule has 0 amide bonds. The van der Waals surface area contributed by atoms with Crippen molar-refractivity contribution in [3.05, 3.63) is 29.3 Å². The van der Waals surface area contributed by atoms with E-state index in [0.717, 1.165) is 31.1 Å². The highest BCUT2D eigenvalue weighted by Crippen LogP contribution is 2.44. The zero-order valence-corrected chi connectivity index (χ0v) is 16.7. The first-order valence-corrected chi connectivity index (χ1v) is 10.3. The molecule has 26 heavy (non-hydrogen) atoms. The minimum absolute atomic E-state index is 0.0397. The summed E-state index contributed by atoms with van der Waals surface area (Å²) < 4.78 is 0. The first-order valence-electron chi connectivity index (χ1n) is 10.3. The van der Waals surface area contributed by atoms with Gasteiger partial charge in [0.2, 0.25) is 0 Å². The predicted octanol–water partition coefficient (Wildman–Crippen LogP) is 5.47. The van der Waals surface area contributed by atoms with Crippen LogP contribution in [0, 0.1) is 5.92 Å². The Bertz CT molecular complexity index is 579. The number of aromatic hydroxyl groups is 1. The third-order valence-corrected chi connectivity index (χ3v) is 6.23. The molecule has 2 rings (SSSR count). The van der Waals surface area contributed by atoms with E-state index in [1.165, 1.54) is 31.2 Å². The quantitative estimate of drug-likeness (QED) is 0.453. The molecule has 3 nitrogen and oxygen atoms in total. The van der Waals surface area contributed by atoms with Gasteiger partial charge in [0.25, 0.3) is 0 Å². The number of rotatable bonds is 9. The molecule has 0 heterocycles. The SMILES string of the molecule is CCCCCCC(C)(C)c1ccc([C@@H]2C[C@H](O)CC[C@H]2CC=O)c(O)c1. The van der Waals surface area contributed by atoms with Gasteiger partial charge in [0.05, 0.1) is 6.10 Å². The van der Waals surface area contributed by atoms with Crippen LogP contribution in [0.4, 0.5) is 0 Å². The van der Waals surface area contributed by atoms with Gasteiger partial charge >= 0.3 is 0 Å². The summed E-state index contributed by atoms with van der Waals surface area (Å²) in [6.07, 6.45) is 9.46. The second-order valence-corrected chi connectivity index (χ2v) is 8.70. The maximum Gasteiger partial charge on any atom is 0.120 e. The van der Waals surface area contributed by atoms with Crippen molar-refractivity contribution in [1.82, 2.24) is 0 Å². The van der Waals surface area contributed by atoms with Crippen LogP contribution in [0.3, 0.4) is 0 Å². The average molecular weight is 361 g/mol. The molecule has 3 atom stereocenters. The molecule has 1 aliphatic carbocycles. The Morgan fingerprint density at radius 3 is 2.62 bits per heavy atom. The van der Waals surface area contributed by atoms with Crippen LogP contribution >= 0.6 is 0 Å². The second kappa shape index (κ2) is 9.55. The van der Waals surface area contributed by atoms with E-state index in [0.29, 0.717) is 18.6 Å². The summed E-state index contributed by atoms with van der Waals surface area (Å²) in [5.41, 5.74) is 2.09. The van der Waals surface area contributed by atoms with Crippen molar-refractivity contribution in [1.29, 1.82) is 0 Å². The zero-order valence-electron chi connectivity index (χ0n) is 16.7. The van der Waals surface area contributed by atoms with Gasteiger partial charge in [-0.05, 0) is 60.1 Å². The van der Waals surface area contributed by atoms with Gasteiger partial charge in [0, 0.05) is 6.42 Å². The molecular weight excluding hydrogens is 324 g/mol. The fraction of sp³-hybridized carbons (Fsp3) is 0.696. The molecule has 1 fully saturated rings. The van der Waals surface area contributed by atoms with Crippen LogP contribution in [0.2, 0.25) is 0 Å². The Hall–Kier alpha value is -1.35. The molecule has 0 bridgehead atoms. The second-order valence-electron chi connectivity index (χ2n) is 8.70. The minimum Gasteiger partial charge on any atom is -0.508 e. The highest BCUT2D eigenvalue weighted by atomic mass is 16.3. The molecule has 0 saturated heterocycles. The average Bonchev–Trinajstić information content (AvgIpc) is 2.60. The Labute approximate surface area is 158 Å². The molecule has 146 valence electrons. The fourth-order valence-electron chi connectivity index (χ4n) is 4.41. The summed E-state index contributed by atoms with van der Waals surface area (Å²) in [6, 6.07) is 6.07. The lowest BCUT2D eigenvalue weighted by atomic mass is 9.72. The molecule has 1 aromatic rings. The third-order valence-electron chi connectivity index (χ3n) is 6.23. The van der Waals surface area contributed by atoms with E-state index in [1.54, 1.807) is 0 Å². The Morgan fingerprint density at radius 1 is 1.19 bits per heavy atom. The third kappa shape index (κ3) is 5.33. The molecule has 0 aliphatic heterocycles. The van der Waals surface area contributed by atoms with E-state index in [2.05, 4.69) is 26.8 Å². The molecular formula is C23H36O3. The maximum absolute atomic E-state index is 11.0. The predicted molar refractivity (Wildman–Crippen MR) is 107 cm³/mol. The summed E-state index contributed by atoms with van der Waals surface area (Å²) >= 11 is 0. The van der Waals surface area contributed by atoms with Crippen molar-refractivity contribution < 1.29 is 15.0 Å². The number of benzene rings is 1. The fourth-order valence-corrected chi connectivity index (χ4v) is 4.41. The van der Waals surface area contributed by atoms with Crippen molar-refractivity contribution in [3.63, 3.8) is 0 Å². The lowest BCUT2D eigenvalue weighted by Gasteiger charge is -2.34. The maximum atomic E-state index is 11.0. The van der Waals surface area contributed by atoms with Crippen LogP contribution in [0.15, 0.2) is 18.2 Å². The molecule has 3 heteroatoms. The van der Waals surface area contributed by atoms with E-state index in [9.17, 15) is 15.0 Å². The highest BCUT2D eigenvalue weighted by molar-refractivity contribution is 5.51. The molecule has 1 saturated carbocycles. The van der Waals surface area contributed by atoms with Gasteiger partial charge in [-0.1, -0.05) is 58.6 Å². The molecule has 0 unspecified atom stereocenters. The Kier molecular flexibility index (Phi) is 7.69. The number of hydrogen-bond acceptors (Lipinski definition) is 3. The van der Waals surface area contributed by atoms with Crippen molar-refractivity contribution in [2.45, 2.75) is 96.0 Å². The Morgan fingerprint density at radius 2 is 1.96 bits per heavy atom. The van der Waals surface area contributed by atoms with Crippen molar-refractivity contribution in [2.75, 3.05) is 0 Å². The molecule has 0 radical (unpaired) electrons. The molecule has 1 aromatic carbocycles. The highest BCUT2D eigenvalue weighted by Gasteiger charge is 2.32. The molecule has 2 N–H and O–H groups in total. The molecule has 0 aromatic heterocycles. The number of phenolic OH excluding ortho intramolecular Hbond substituents is 1. The lowest BCUT2D eigenvalue weighted by molar-refractivity contribution is -0.109. The summed E-state index contributed by atoms with van der Waals surface area (Å²) in [5.74, 6) is 0.597. The summed E-state index contributed by atoms with van der Waals surface area (Å²) in [7, 11) is 0. The first-order chi connectivity index (χ1) is 12.4. The van der Waals surface area contributed by atoms with E-state index in [-0.39, 0.29) is 23.4 Å². The Balaban J connectivity index is 2.15. The van der Waals surface area contributed by atoms with Crippen molar-refractivity contribution in [3.8, 4) is 5.75 Å². The standard InChI is InChI=1S/C23H36O3/c1-4-5-6-7-13-23(2,3)18-9-11-20(22(26)15-18)21-16-19(25)10-8-17(21)12-14-24/h9,11,14-15,17,19,21,25-26H,4-8,10,12-13,16H2,1-3H3/t17-,19+,21+/m0/s1. The van der Waals surface area contributed by atoms with Gasteiger partial charge in [-0.25, -0.2) is 0 Å². The van der Waals surface area contributed by atoms with E-state index < -0.39 is 0 Å². The topological polar surface area (TPSA) is 57.5 Å². The van der Waals surface area contributed by atoms with Gasteiger partial charge in [0.1, 0.15) is 12.0 Å². The number of carbonyl (C=O) groups is 1. The zero-order chi connectivity index (χ0) is 19.2. The normalized spacial score (nSPS) is 23.8.